The molecule has 3 rings (SSSR count). The molecule has 6 heteroatoms. The summed E-state index contributed by atoms with van der Waals surface area (Å²) in [5.41, 5.74) is -1.01. The zero-order chi connectivity index (χ0) is 19.4. The molecule has 1 heterocycles. The first-order chi connectivity index (χ1) is 13.1. The Kier molecular flexibility index (Phi) is 5.16. The number of para-hydroxylation sites is 1. The van der Waals surface area contributed by atoms with Gasteiger partial charge in [-0.25, -0.2) is 0 Å². The molecule has 0 radical (unpaired) electrons. The van der Waals surface area contributed by atoms with Gasteiger partial charge in [-0.05, 0) is 24.3 Å². The third-order valence-electron chi connectivity index (χ3n) is 4.51. The van der Waals surface area contributed by atoms with Crippen LogP contribution in [0.5, 0.6) is 17.2 Å². The Morgan fingerprint density at radius 2 is 2.00 bits per heavy atom. The van der Waals surface area contributed by atoms with E-state index < -0.39 is 17.2 Å². The molecule has 0 aromatic heterocycles. The Hall–Kier alpha value is -3.28. The van der Waals surface area contributed by atoms with E-state index in [4.69, 9.17) is 18.9 Å². The van der Waals surface area contributed by atoms with Crippen LogP contribution in [0.1, 0.15) is 15.9 Å². The van der Waals surface area contributed by atoms with E-state index in [1.807, 2.05) is 0 Å². The van der Waals surface area contributed by atoms with Crippen LogP contribution < -0.4 is 14.2 Å². The van der Waals surface area contributed by atoms with E-state index in [2.05, 4.69) is 6.58 Å². The smallest absolute Gasteiger partial charge is 0.328 e. The zero-order valence-corrected chi connectivity index (χ0v) is 15.2. The van der Waals surface area contributed by atoms with E-state index in [0.29, 0.717) is 28.4 Å². The summed E-state index contributed by atoms with van der Waals surface area (Å²) in [6.45, 7) is 3.34. The molecule has 0 N–H and O–H groups in total. The van der Waals surface area contributed by atoms with Gasteiger partial charge in [-0.3, -0.25) is 9.59 Å². The monoisotopic (exact) mass is 368 g/mol. The molecule has 0 saturated carbocycles. The number of carbonyl (C=O) groups is 2. The van der Waals surface area contributed by atoms with E-state index in [9.17, 15) is 9.59 Å². The molecule has 0 amide bonds. The average Bonchev–Trinajstić information content (AvgIpc) is 2.72. The van der Waals surface area contributed by atoms with Crippen LogP contribution in [0.15, 0.2) is 55.1 Å². The average molecular weight is 368 g/mol. The number of benzene rings is 2. The van der Waals surface area contributed by atoms with Gasteiger partial charge in [0.05, 0.1) is 19.8 Å². The van der Waals surface area contributed by atoms with Gasteiger partial charge in [0.1, 0.15) is 30.5 Å². The second-order valence-corrected chi connectivity index (χ2v) is 5.97. The molecule has 2 aromatic rings. The fourth-order valence-corrected chi connectivity index (χ4v) is 3.13. The normalized spacial score (nSPS) is 18.1. The van der Waals surface area contributed by atoms with Crippen molar-refractivity contribution in [1.82, 2.24) is 0 Å². The number of hydrogen-bond donors (Lipinski definition) is 0. The summed E-state index contributed by atoms with van der Waals surface area (Å²) < 4.78 is 21.7. The number of rotatable bonds is 6. The molecular formula is C21H20O6. The summed E-state index contributed by atoms with van der Waals surface area (Å²) >= 11 is 0. The van der Waals surface area contributed by atoms with Gasteiger partial charge < -0.3 is 18.9 Å². The van der Waals surface area contributed by atoms with Crippen molar-refractivity contribution in [2.45, 2.75) is 5.41 Å². The minimum atomic E-state index is -1.69. The number of ketones is 1. The maximum absolute atomic E-state index is 13.5. The molecule has 0 aliphatic carbocycles. The maximum Gasteiger partial charge on any atom is 0.328 e. The highest BCUT2D eigenvalue weighted by molar-refractivity contribution is 6.19. The summed E-state index contributed by atoms with van der Waals surface area (Å²) in [5.74, 6) is 0.186. The molecular weight excluding hydrogens is 348 g/mol. The van der Waals surface area contributed by atoms with E-state index in [0.717, 1.165) is 0 Å². The lowest BCUT2D eigenvalue weighted by Gasteiger charge is -2.35. The highest BCUT2D eigenvalue weighted by atomic mass is 16.5. The summed E-state index contributed by atoms with van der Waals surface area (Å²) in [4.78, 5) is 26.5. The Morgan fingerprint density at radius 1 is 1.22 bits per heavy atom. The van der Waals surface area contributed by atoms with Crippen molar-refractivity contribution in [3.63, 3.8) is 0 Å². The van der Waals surface area contributed by atoms with Crippen LogP contribution in [0.4, 0.5) is 0 Å². The standard InChI is InChI=1S/C21H20O6/c1-4-11-26-20(23)21(16-10-9-14(24-2)12-18(16)25-3)13-27-17-8-6-5-7-15(17)19(21)22/h4-10,12H,1,11,13H2,2-3H3. The van der Waals surface area contributed by atoms with Crippen molar-refractivity contribution < 1.29 is 28.5 Å². The van der Waals surface area contributed by atoms with Crippen LogP contribution in [0.3, 0.4) is 0 Å². The topological polar surface area (TPSA) is 71.1 Å². The Bertz CT molecular complexity index is 888. The lowest BCUT2D eigenvalue weighted by molar-refractivity contribution is -0.148. The van der Waals surface area contributed by atoms with Crippen molar-refractivity contribution in [3.8, 4) is 17.2 Å². The van der Waals surface area contributed by atoms with E-state index in [1.54, 1.807) is 42.5 Å². The zero-order valence-electron chi connectivity index (χ0n) is 15.2. The molecule has 1 atom stereocenters. The van der Waals surface area contributed by atoms with Crippen molar-refractivity contribution in [2.75, 3.05) is 27.4 Å². The number of Topliss-reactive ketones (excluding diaryl/α,β-unsaturated/α-hetero) is 1. The number of fused-ring (bicyclic) bond motifs is 1. The summed E-state index contributed by atoms with van der Waals surface area (Å²) in [6, 6.07) is 11.7. The van der Waals surface area contributed by atoms with Gasteiger partial charge in [0.2, 0.25) is 0 Å². The van der Waals surface area contributed by atoms with Gasteiger partial charge in [0, 0.05) is 11.6 Å². The predicted molar refractivity (Wildman–Crippen MR) is 98.6 cm³/mol. The third kappa shape index (κ3) is 3.03. The Labute approximate surface area is 157 Å². The molecule has 27 heavy (non-hydrogen) atoms. The van der Waals surface area contributed by atoms with Crippen molar-refractivity contribution in [1.29, 1.82) is 0 Å². The molecule has 2 aromatic carbocycles. The second kappa shape index (κ2) is 7.53. The number of esters is 1. The van der Waals surface area contributed by atoms with E-state index in [1.165, 1.54) is 20.3 Å². The quantitative estimate of drug-likeness (QED) is 0.444. The van der Waals surface area contributed by atoms with Gasteiger partial charge >= 0.3 is 5.97 Å². The molecule has 140 valence electrons. The first-order valence-electron chi connectivity index (χ1n) is 8.35. The van der Waals surface area contributed by atoms with E-state index in [-0.39, 0.29) is 13.2 Å². The summed E-state index contributed by atoms with van der Waals surface area (Å²) in [5, 5.41) is 0. The second-order valence-electron chi connectivity index (χ2n) is 5.97. The fraction of sp³-hybridized carbons (Fsp3) is 0.238. The van der Waals surface area contributed by atoms with Gasteiger partial charge in [-0.2, -0.15) is 0 Å². The summed E-state index contributed by atoms with van der Waals surface area (Å²) in [6.07, 6.45) is 1.44. The molecule has 6 nitrogen and oxygen atoms in total. The van der Waals surface area contributed by atoms with Crippen LogP contribution in [-0.4, -0.2) is 39.2 Å². The largest absolute Gasteiger partial charge is 0.497 e. The van der Waals surface area contributed by atoms with Crippen LogP contribution in [0.2, 0.25) is 0 Å². The Morgan fingerprint density at radius 3 is 2.70 bits per heavy atom. The third-order valence-corrected chi connectivity index (χ3v) is 4.51. The molecule has 0 saturated heterocycles. The minimum absolute atomic E-state index is 0.0199. The van der Waals surface area contributed by atoms with Crippen LogP contribution in [0.25, 0.3) is 0 Å². The van der Waals surface area contributed by atoms with Crippen LogP contribution in [0, 0.1) is 0 Å². The van der Waals surface area contributed by atoms with Gasteiger partial charge in [-0.1, -0.05) is 24.8 Å². The van der Waals surface area contributed by atoms with Gasteiger partial charge in [0.15, 0.2) is 11.2 Å². The van der Waals surface area contributed by atoms with Gasteiger partial charge in [-0.15, -0.1) is 0 Å². The Balaban J connectivity index is 2.20. The molecule has 0 bridgehead atoms. The van der Waals surface area contributed by atoms with Crippen LogP contribution in [-0.2, 0) is 14.9 Å². The fourth-order valence-electron chi connectivity index (χ4n) is 3.13. The number of hydrogen-bond acceptors (Lipinski definition) is 6. The predicted octanol–water partition coefficient (Wildman–Crippen LogP) is 2.95. The molecule has 1 unspecified atom stereocenters. The molecule has 0 spiro atoms. The SMILES string of the molecule is C=CCOC(=O)C1(c2ccc(OC)cc2OC)COc2ccccc2C1=O. The minimum Gasteiger partial charge on any atom is -0.497 e. The first kappa shape index (κ1) is 18.5. The molecule has 1 aliphatic rings. The molecule has 0 fully saturated rings. The highest BCUT2D eigenvalue weighted by Crippen LogP contribution is 2.42. The van der Waals surface area contributed by atoms with E-state index >= 15 is 0 Å². The lowest BCUT2D eigenvalue weighted by Crippen LogP contribution is -2.52. The van der Waals surface area contributed by atoms with Gasteiger partial charge in [0.25, 0.3) is 0 Å². The lowest BCUT2D eigenvalue weighted by atomic mass is 9.73. The molecule has 1 aliphatic heterocycles. The van der Waals surface area contributed by atoms with Crippen molar-refractivity contribution >= 4 is 11.8 Å². The van der Waals surface area contributed by atoms with Crippen LogP contribution >= 0.6 is 0 Å². The number of carbonyl (C=O) groups excluding carboxylic acids is 2. The highest BCUT2D eigenvalue weighted by Gasteiger charge is 2.54. The van der Waals surface area contributed by atoms with Crippen molar-refractivity contribution in [3.05, 3.63) is 66.2 Å². The van der Waals surface area contributed by atoms with Crippen molar-refractivity contribution in [2.24, 2.45) is 0 Å². The number of ether oxygens (including phenoxy) is 4. The first-order valence-corrected chi connectivity index (χ1v) is 8.35. The summed E-state index contributed by atoms with van der Waals surface area (Å²) in [7, 11) is 2.98. The number of methoxy groups -OCH3 is 2. The maximum atomic E-state index is 13.5.